The van der Waals surface area contributed by atoms with Crippen molar-refractivity contribution in [3.8, 4) is 45.0 Å². The van der Waals surface area contributed by atoms with Gasteiger partial charge in [-0.3, -0.25) is 9.78 Å². The van der Waals surface area contributed by atoms with Crippen molar-refractivity contribution in [3.63, 3.8) is 0 Å². The summed E-state index contributed by atoms with van der Waals surface area (Å²) in [7, 11) is 0. The molecule has 0 fully saturated rings. The molecule has 0 amide bonds. The molecule has 4 nitrogen and oxygen atoms in total. The minimum Gasteiger partial charge on any atom is -0.512 e. The van der Waals surface area contributed by atoms with Crippen LogP contribution in [0.3, 0.4) is 0 Å². The van der Waals surface area contributed by atoms with Crippen LogP contribution in [-0.2, 0) is 31.3 Å². The Hall–Kier alpha value is -4.05. The number of aromatic nitrogens is 1. The second-order valence-corrected chi connectivity index (χ2v) is 14.5. The fraction of sp³-hybridized carbons (Fsp3) is 0.302. The summed E-state index contributed by atoms with van der Waals surface area (Å²) in [6.07, 6.45) is 3.43. The summed E-state index contributed by atoms with van der Waals surface area (Å²) < 4.78 is 6.65. The first kappa shape index (κ1) is 36.8. The number of carbonyl (C=O) groups excluding carboxylic acids is 1. The molecule has 48 heavy (non-hydrogen) atoms. The second kappa shape index (κ2) is 15.9. The standard InChI is InChI=1S/C32H26NO.C11H20O2.Ir/c1-32(2,3)20-21-19-29(33-28-17-8-6-11-22(21)28)27-16-10-15-26-24-13-5-4-12-23(24)25-14-7-9-18-30(25)34-31(26)27;1-8(2)5-10(12)7-11(13)6-9(3)4;/h4-15,17-19H,20H2,1-3H3;7-9,12H,5-6H2,1-4H3;/q-1;;/b;10-7-;. The summed E-state index contributed by atoms with van der Waals surface area (Å²) in [6.45, 7) is 14.8. The van der Waals surface area contributed by atoms with Crippen molar-refractivity contribution < 1.29 is 34.7 Å². The second-order valence-electron chi connectivity index (χ2n) is 14.5. The average Bonchev–Trinajstić information content (AvgIpc) is 3.14. The van der Waals surface area contributed by atoms with Crippen LogP contribution >= 0.6 is 0 Å². The van der Waals surface area contributed by atoms with Crippen molar-refractivity contribution in [1.29, 1.82) is 0 Å². The number of carbonyl (C=O) groups is 1. The van der Waals surface area contributed by atoms with Gasteiger partial charge in [0, 0.05) is 50.0 Å². The molecule has 251 valence electrons. The van der Waals surface area contributed by atoms with Gasteiger partial charge in [0.25, 0.3) is 0 Å². The summed E-state index contributed by atoms with van der Waals surface area (Å²) >= 11 is 0. The van der Waals surface area contributed by atoms with Crippen molar-refractivity contribution in [2.45, 2.75) is 67.7 Å². The Morgan fingerprint density at radius 1 is 0.833 bits per heavy atom. The van der Waals surface area contributed by atoms with E-state index in [0.29, 0.717) is 24.7 Å². The van der Waals surface area contributed by atoms with Crippen LogP contribution in [0.25, 0.3) is 44.4 Å². The van der Waals surface area contributed by atoms with Gasteiger partial charge >= 0.3 is 0 Å². The van der Waals surface area contributed by atoms with E-state index in [1.54, 1.807) is 0 Å². The minimum absolute atomic E-state index is 0. The van der Waals surface area contributed by atoms with Crippen LogP contribution in [0.1, 0.15) is 66.9 Å². The van der Waals surface area contributed by atoms with Gasteiger partial charge in [-0.05, 0) is 58.2 Å². The van der Waals surface area contributed by atoms with Crippen LogP contribution in [0.5, 0.6) is 11.5 Å². The number of hydrogen-bond acceptors (Lipinski definition) is 4. The molecule has 0 spiro atoms. The first-order valence-corrected chi connectivity index (χ1v) is 16.6. The van der Waals surface area contributed by atoms with E-state index in [4.69, 9.17) is 9.72 Å². The van der Waals surface area contributed by atoms with Gasteiger partial charge < -0.3 is 9.84 Å². The quantitative estimate of drug-likeness (QED) is 0.0990. The molecule has 0 saturated heterocycles. The van der Waals surface area contributed by atoms with Crippen molar-refractivity contribution in [1.82, 2.24) is 4.98 Å². The number of allylic oxidation sites excluding steroid dienone is 2. The van der Waals surface area contributed by atoms with E-state index in [2.05, 4.69) is 99.6 Å². The van der Waals surface area contributed by atoms with E-state index in [1.807, 2.05) is 45.9 Å². The number of nitrogens with zero attached hydrogens (tertiary/aromatic N) is 1. The zero-order valence-electron chi connectivity index (χ0n) is 29.1. The van der Waals surface area contributed by atoms with Crippen LogP contribution in [0, 0.1) is 23.3 Å². The van der Waals surface area contributed by atoms with Crippen molar-refractivity contribution in [2.75, 3.05) is 0 Å². The summed E-state index contributed by atoms with van der Waals surface area (Å²) in [4.78, 5) is 16.3. The van der Waals surface area contributed by atoms with Gasteiger partial charge in [-0.25, -0.2) is 0 Å². The Morgan fingerprint density at radius 3 is 2.10 bits per heavy atom. The zero-order chi connectivity index (χ0) is 33.7. The third kappa shape index (κ3) is 9.09. The van der Waals surface area contributed by atoms with Crippen molar-refractivity contribution >= 4 is 16.7 Å². The molecule has 5 aromatic rings. The van der Waals surface area contributed by atoms with Gasteiger partial charge in [0.05, 0.1) is 17.0 Å². The number of hydrogen-bond donors (Lipinski definition) is 1. The SMILES string of the molecule is CC(C)(C)Cc1cc(-c2[c-]ccc3c2Oc2ccccc2-c2ccccc2-3)nc2ccccc12.CC(C)CC(=O)/C=C(\O)CC(C)C.[Ir]. The molecule has 1 aliphatic heterocycles. The summed E-state index contributed by atoms with van der Waals surface area (Å²) in [5, 5.41) is 10.6. The van der Waals surface area contributed by atoms with E-state index in [1.165, 1.54) is 22.6 Å². The number of pyridine rings is 1. The predicted molar refractivity (Wildman–Crippen MR) is 195 cm³/mol. The minimum atomic E-state index is 0. The first-order chi connectivity index (χ1) is 22.4. The molecule has 0 atom stereocenters. The smallest absolute Gasteiger partial charge is 0.159 e. The summed E-state index contributed by atoms with van der Waals surface area (Å²) in [6, 6.07) is 34.9. The molecule has 0 unspecified atom stereocenters. The number of rotatable bonds is 7. The molecule has 5 heteroatoms. The Bertz CT molecular complexity index is 1920. The number of ether oxygens (including phenoxy) is 1. The van der Waals surface area contributed by atoms with Crippen LogP contribution < -0.4 is 4.74 Å². The van der Waals surface area contributed by atoms with Gasteiger partial charge in [-0.1, -0.05) is 126 Å². The Kier molecular flexibility index (Phi) is 12.2. The maximum absolute atomic E-state index is 11.2. The fourth-order valence-corrected chi connectivity index (χ4v) is 6.05. The third-order valence-electron chi connectivity index (χ3n) is 7.89. The normalized spacial score (nSPS) is 12.1. The topological polar surface area (TPSA) is 59.4 Å². The Morgan fingerprint density at radius 2 is 1.44 bits per heavy atom. The Labute approximate surface area is 299 Å². The maximum Gasteiger partial charge on any atom is 0.159 e. The predicted octanol–water partition coefficient (Wildman–Crippen LogP) is 11.8. The molecule has 6 rings (SSSR count). The third-order valence-corrected chi connectivity index (χ3v) is 7.89. The van der Waals surface area contributed by atoms with Crippen LogP contribution in [0.2, 0.25) is 0 Å². The molecule has 1 aromatic heterocycles. The number of benzene rings is 4. The van der Waals surface area contributed by atoms with Crippen LogP contribution in [0.15, 0.2) is 103 Å². The van der Waals surface area contributed by atoms with Crippen LogP contribution in [0.4, 0.5) is 0 Å². The summed E-state index contributed by atoms with van der Waals surface area (Å²) in [5.41, 5.74) is 8.74. The molecular weight excluding hydrogens is 771 g/mol. The number of fused-ring (bicyclic) bond motifs is 6. The molecule has 1 aliphatic rings. The zero-order valence-corrected chi connectivity index (χ0v) is 31.5. The van der Waals surface area contributed by atoms with Crippen molar-refractivity contribution in [3.05, 3.63) is 114 Å². The molecular formula is C43H46IrNO3-. The van der Waals surface area contributed by atoms with E-state index in [0.717, 1.165) is 51.4 Å². The van der Waals surface area contributed by atoms with Crippen LogP contribution in [-0.4, -0.2) is 15.9 Å². The van der Waals surface area contributed by atoms with E-state index < -0.39 is 0 Å². The first-order valence-electron chi connectivity index (χ1n) is 16.6. The molecule has 4 aromatic carbocycles. The van der Waals surface area contributed by atoms with Gasteiger partial charge in [-0.15, -0.1) is 18.2 Å². The number of aliphatic hydroxyl groups excluding tert-OH is 1. The van der Waals surface area contributed by atoms with E-state index in [9.17, 15) is 9.90 Å². The van der Waals surface area contributed by atoms with E-state index >= 15 is 0 Å². The number of ketones is 1. The monoisotopic (exact) mass is 817 g/mol. The molecule has 2 heterocycles. The maximum atomic E-state index is 11.2. The van der Waals surface area contributed by atoms with Gasteiger partial charge in [0.1, 0.15) is 5.75 Å². The molecule has 1 N–H and O–H groups in total. The van der Waals surface area contributed by atoms with Crippen molar-refractivity contribution in [2.24, 2.45) is 17.3 Å². The average molecular weight is 817 g/mol. The van der Waals surface area contributed by atoms with Gasteiger partial charge in [-0.2, -0.15) is 0 Å². The largest absolute Gasteiger partial charge is 0.512 e. The summed E-state index contributed by atoms with van der Waals surface area (Å²) in [5.74, 6) is 2.64. The number of aliphatic hydroxyl groups is 1. The number of para-hydroxylation sites is 2. The molecule has 0 saturated carbocycles. The molecule has 0 aliphatic carbocycles. The van der Waals surface area contributed by atoms with Gasteiger partial charge in [0.15, 0.2) is 5.78 Å². The molecule has 1 radical (unpaired) electrons. The van der Waals surface area contributed by atoms with Gasteiger partial charge in [0.2, 0.25) is 0 Å². The van der Waals surface area contributed by atoms with E-state index in [-0.39, 0.29) is 37.1 Å². The Balaban J connectivity index is 0.000000319. The molecule has 0 bridgehead atoms. The fourth-order valence-electron chi connectivity index (χ4n) is 6.05.